The smallest absolute Gasteiger partial charge is 0.319 e. The zero-order valence-corrected chi connectivity index (χ0v) is 18.4. The minimum Gasteiger partial charge on any atom is -0.436 e. The third kappa shape index (κ3) is 4.45. The van der Waals surface area contributed by atoms with Crippen molar-refractivity contribution in [2.75, 3.05) is 5.32 Å². The van der Waals surface area contributed by atoms with Crippen LogP contribution in [-0.2, 0) is 5.41 Å². The quantitative estimate of drug-likeness (QED) is 0.396. The van der Waals surface area contributed by atoms with E-state index < -0.39 is 0 Å². The summed E-state index contributed by atoms with van der Waals surface area (Å²) in [5, 5.41) is 12.9. The molecule has 0 aliphatic rings. The zero-order valence-electron chi connectivity index (χ0n) is 18.4. The van der Waals surface area contributed by atoms with Gasteiger partial charge < -0.3 is 15.1 Å². The molecule has 0 bridgehead atoms. The molecule has 2 aromatic heterocycles. The van der Waals surface area contributed by atoms with E-state index >= 15 is 0 Å². The predicted molar refractivity (Wildman–Crippen MR) is 123 cm³/mol. The molecular weight excluding hydrogens is 390 g/mol. The maximum atomic E-state index is 11.9. The van der Waals surface area contributed by atoms with Crippen molar-refractivity contribution < 1.29 is 9.21 Å². The second-order valence-corrected chi connectivity index (χ2v) is 8.93. The van der Waals surface area contributed by atoms with Crippen molar-refractivity contribution in [2.24, 2.45) is 0 Å². The number of hydrogen-bond acceptors (Lipinski definition) is 4. The summed E-state index contributed by atoms with van der Waals surface area (Å²) in [5.41, 5.74) is 5.93. The molecule has 3 N–H and O–H groups in total. The van der Waals surface area contributed by atoms with Gasteiger partial charge >= 0.3 is 6.03 Å². The van der Waals surface area contributed by atoms with Crippen LogP contribution < -0.4 is 10.6 Å². The largest absolute Gasteiger partial charge is 0.436 e. The Kier molecular flexibility index (Phi) is 5.27. The summed E-state index contributed by atoms with van der Waals surface area (Å²) >= 11 is 0. The molecule has 0 aliphatic heterocycles. The van der Waals surface area contributed by atoms with Crippen molar-refractivity contribution >= 4 is 22.8 Å². The lowest BCUT2D eigenvalue weighted by molar-refractivity contribution is 0.250. The molecule has 0 unspecified atom stereocenters. The van der Waals surface area contributed by atoms with E-state index in [2.05, 4.69) is 53.7 Å². The average molecular weight is 418 g/mol. The minimum atomic E-state index is -0.232. The van der Waals surface area contributed by atoms with E-state index in [0.29, 0.717) is 11.6 Å². The summed E-state index contributed by atoms with van der Waals surface area (Å²) in [5.74, 6) is 0.517. The Morgan fingerprint density at radius 1 is 1.10 bits per heavy atom. The van der Waals surface area contributed by atoms with Gasteiger partial charge in [-0.1, -0.05) is 39.0 Å². The van der Waals surface area contributed by atoms with Gasteiger partial charge in [-0.05, 0) is 49.1 Å². The number of amides is 2. The first-order valence-electron chi connectivity index (χ1n) is 10.3. The van der Waals surface area contributed by atoms with Crippen LogP contribution >= 0.6 is 0 Å². The average Bonchev–Trinajstić information content (AvgIpc) is 3.33. The van der Waals surface area contributed by atoms with Gasteiger partial charge in [0, 0.05) is 23.5 Å². The Hall–Kier alpha value is -3.61. The highest BCUT2D eigenvalue weighted by molar-refractivity contribution is 5.90. The number of carbonyl (C=O) groups excluding carboxylic acids is 1. The monoisotopic (exact) mass is 417 g/mol. The van der Waals surface area contributed by atoms with Gasteiger partial charge in [0.2, 0.25) is 5.89 Å². The van der Waals surface area contributed by atoms with Crippen molar-refractivity contribution in [1.29, 1.82) is 0 Å². The van der Waals surface area contributed by atoms with Gasteiger partial charge in [0.05, 0.1) is 5.56 Å². The van der Waals surface area contributed by atoms with Crippen LogP contribution in [0.5, 0.6) is 0 Å². The molecule has 0 radical (unpaired) electrons. The molecule has 4 aromatic rings. The molecule has 0 atom stereocenters. The molecule has 0 spiro atoms. The van der Waals surface area contributed by atoms with Gasteiger partial charge in [-0.25, -0.2) is 9.78 Å². The first kappa shape index (κ1) is 20.7. The third-order valence-electron chi connectivity index (χ3n) is 4.96. The first-order valence-corrected chi connectivity index (χ1v) is 10.3. The minimum absolute atomic E-state index is 0.0377. The fourth-order valence-corrected chi connectivity index (χ4v) is 3.32. The number of rotatable bonds is 4. The fraction of sp³-hybridized carbons (Fsp3) is 0.292. The van der Waals surface area contributed by atoms with Crippen molar-refractivity contribution in [2.45, 2.75) is 46.1 Å². The number of aromatic amines is 1. The SMILES string of the molecule is CC(C)NC(=O)Nc1ccc(-c2n[nH]cc2-c2nc3cc(C(C)(C)C)ccc3o2)cc1. The van der Waals surface area contributed by atoms with Crippen molar-refractivity contribution in [3.63, 3.8) is 0 Å². The molecule has 4 rings (SSSR count). The molecule has 0 aliphatic carbocycles. The van der Waals surface area contributed by atoms with Gasteiger partial charge in [0.1, 0.15) is 11.2 Å². The molecule has 0 saturated heterocycles. The number of benzene rings is 2. The van der Waals surface area contributed by atoms with Crippen LogP contribution in [0.1, 0.15) is 40.2 Å². The van der Waals surface area contributed by atoms with Gasteiger partial charge in [-0.2, -0.15) is 5.10 Å². The summed E-state index contributed by atoms with van der Waals surface area (Å²) in [6, 6.07) is 13.5. The molecule has 31 heavy (non-hydrogen) atoms. The van der Waals surface area contributed by atoms with Crippen LogP contribution in [0.25, 0.3) is 33.8 Å². The van der Waals surface area contributed by atoms with Crippen molar-refractivity contribution in [3.05, 3.63) is 54.2 Å². The summed E-state index contributed by atoms with van der Waals surface area (Å²) < 4.78 is 6.02. The number of nitrogens with zero attached hydrogens (tertiary/aromatic N) is 2. The molecule has 160 valence electrons. The first-order chi connectivity index (χ1) is 14.7. The third-order valence-corrected chi connectivity index (χ3v) is 4.96. The second kappa shape index (κ2) is 7.91. The Bertz CT molecular complexity index is 1210. The van der Waals surface area contributed by atoms with E-state index in [4.69, 9.17) is 9.40 Å². The number of fused-ring (bicyclic) bond motifs is 1. The van der Waals surface area contributed by atoms with Gasteiger partial charge in [-0.15, -0.1) is 0 Å². The molecular formula is C24H27N5O2. The van der Waals surface area contributed by atoms with Gasteiger partial charge in [0.25, 0.3) is 0 Å². The lowest BCUT2D eigenvalue weighted by Crippen LogP contribution is -2.34. The predicted octanol–water partition coefficient (Wildman–Crippen LogP) is 5.71. The van der Waals surface area contributed by atoms with Crippen LogP contribution in [0.15, 0.2) is 53.1 Å². The van der Waals surface area contributed by atoms with Gasteiger partial charge in [-0.3, -0.25) is 5.10 Å². The number of anilines is 1. The molecule has 7 heteroatoms. The molecule has 2 amide bonds. The molecule has 2 heterocycles. The Morgan fingerprint density at radius 2 is 1.84 bits per heavy atom. The standard InChI is InChI=1S/C24H27N5O2/c1-14(2)26-23(30)27-17-9-6-15(7-10-17)21-18(13-25-29-21)22-28-19-12-16(24(3,4)5)8-11-20(19)31-22/h6-14H,1-5H3,(H,25,29)(H2,26,27,30). The number of carbonyl (C=O) groups is 1. The zero-order chi connectivity index (χ0) is 22.2. The molecule has 7 nitrogen and oxygen atoms in total. The van der Waals surface area contributed by atoms with Crippen LogP contribution in [-0.4, -0.2) is 27.3 Å². The Morgan fingerprint density at radius 3 is 2.52 bits per heavy atom. The summed E-state index contributed by atoms with van der Waals surface area (Å²) in [6.45, 7) is 10.4. The molecule has 0 fully saturated rings. The highest BCUT2D eigenvalue weighted by atomic mass is 16.3. The summed E-state index contributed by atoms with van der Waals surface area (Å²) in [7, 11) is 0. The molecule has 2 aromatic carbocycles. The Balaban J connectivity index is 1.61. The number of oxazole rings is 1. The second-order valence-electron chi connectivity index (χ2n) is 8.93. The van der Waals surface area contributed by atoms with Crippen LogP contribution in [0, 0.1) is 0 Å². The lowest BCUT2D eigenvalue weighted by atomic mass is 9.87. The topological polar surface area (TPSA) is 95.8 Å². The maximum Gasteiger partial charge on any atom is 0.319 e. The van der Waals surface area contributed by atoms with E-state index in [9.17, 15) is 4.79 Å². The van der Waals surface area contributed by atoms with Crippen LogP contribution in [0.4, 0.5) is 10.5 Å². The summed E-state index contributed by atoms with van der Waals surface area (Å²) in [4.78, 5) is 16.6. The number of urea groups is 1. The maximum absolute atomic E-state index is 11.9. The van der Waals surface area contributed by atoms with E-state index in [1.54, 1.807) is 6.20 Å². The highest BCUT2D eigenvalue weighted by Crippen LogP contribution is 2.33. The highest BCUT2D eigenvalue weighted by Gasteiger charge is 2.19. The number of hydrogen-bond donors (Lipinski definition) is 3. The number of nitrogens with one attached hydrogen (secondary N) is 3. The van der Waals surface area contributed by atoms with Crippen LogP contribution in [0.2, 0.25) is 0 Å². The van der Waals surface area contributed by atoms with Crippen LogP contribution in [0.3, 0.4) is 0 Å². The van der Waals surface area contributed by atoms with Crippen molar-refractivity contribution in [3.8, 4) is 22.7 Å². The number of H-pyrrole nitrogens is 1. The molecule has 0 saturated carbocycles. The van der Waals surface area contributed by atoms with E-state index in [1.165, 1.54) is 5.56 Å². The lowest BCUT2D eigenvalue weighted by Gasteiger charge is -2.18. The van der Waals surface area contributed by atoms with E-state index in [-0.39, 0.29) is 17.5 Å². The summed E-state index contributed by atoms with van der Waals surface area (Å²) in [6.07, 6.45) is 1.78. The number of aromatic nitrogens is 3. The van der Waals surface area contributed by atoms with Crippen molar-refractivity contribution in [1.82, 2.24) is 20.5 Å². The fourth-order valence-electron chi connectivity index (χ4n) is 3.32. The Labute approximate surface area is 181 Å². The van der Waals surface area contributed by atoms with Gasteiger partial charge in [0.15, 0.2) is 5.58 Å². The van der Waals surface area contributed by atoms with E-state index in [0.717, 1.165) is 27.9 Å². The normalized spacial score (nSPS) is 11.8. The van der Waals surface area contributed by atoms with E-state index in [1.807, 2.05) is 44.2 Å².